The molecule has 0 saturated carbocycles. The molecule has 2 aromatic rings. The molecule has 3 rings (SSSR count). The summed E-state index contributed by atoms with van der Waals surface area (Å²) >= 11 is 1.81. The first-order valence-electron chi connectivity index (χ1n) is 9.65. The number of benzene rings is 1. The van der Waals surface area contributed by atoms with E-state index in [-0.39, 0.29) is 24.0 Å². The topological polar surface area (TPSA) is 48.9 Å². The lowest BCUT2D eigenvalue weighted by atomic mass is 10.1. The van der Waals surface area contributed by atoms with Crippen molar-refractivity contribution in [2.24, 2.45) is 10.9 Å². The van der Waals surface area contributed by atoms with Crippen molar-refractivity contribution in [2.45, 2.75) is 26.8 Å². The molecular weight excluding hydrogens is 483 g/mol. The highest BCUT2D eigenvalue weighted by atomic mass is 127. The summed E-state index contributed by atoms with van der Waals surface area (Å²) in [6.07, 6.45) is 1.18. The normalized spacial score (nSPS) is 16.6. The van der Waals surface area contributed by atoms with E-state index in [1.165, 1.54) is 21.9 Å². The number of hydrogen-bond donors (Lipinski definition) is 2. The van der Waals surface area contributed by atoms with Crippen LogP contribution in [0.2, 0.25) is 0 Å². The van der Waals surface area contributed by atoms with E-state index in [0.717, 1.165) is 44.4 Å². The van der Waals surface area contributed by atoms with Crippen LogP contribution >= 0.6 is 35.3 Å². The molecule has 1 aliphatic heterocycles. The van der Waals surface area contributed by atoms with Gasteiger partial charge in [-0.1, -0.05) is 12.1 Å². The quantitative estimate of drug-likeness (QED) is 0.329. The van der Waals surface area contributed by atoms with Gasteiger partial charge in [0.25, 0.3) is 0 Å². The number of nitrogens with zero attached hydrogens (tertiary/aromatic N) is 2. The van der Waals surface area contributed by atoms with Crippen LogP contribution in [0.3, 0.4) is 0 Å². The van der Waals surface area contributed by atoms with Gasteiger partial charge in [-0.05, 0) is 50.5 Å². The van der Waals surface area contributed by atoms with Crippen LogP contribution < -0.4 is 20.3 Å². The Kier molecular flexibility index (Phi) is 9.37. The van der Waals surface area contributed by atoms with Crippen molar-refractivity contribution in [1.29, 1.82) is 0 Å². The Morgan fingerprint density at radius 2 is 2.07 bits per heavy atom. The highest BCUT2D eigenvalue weighted by Crippen LogP contribution is 2.31. The molecule has 5 nitrogen and oxygen atoms in total. The monoisotopic (exact) mass is 514 g/mol. The number of methoxy groups -OCH3 is 1. The fraction of sp³-hybridized carbons (Fsp3) is 0.476. The number of para-hydroxylation sites is 2. The van der Waals surface area contributed by atoms with Gasteiger partial charge >= 0.3 is 0 Å². The Labute approximate surface area is 189 Å². The van der Waals surface area contributed by atoms with Gasteiger partial charge in [0.15, 0.2) is 5.96 Å². The van der Waals surface area contributed by atoms with Gasteiger partial charge < -0.3 is 20.3 Å². The summed E-state index contributed by atoms with van der Waals surface area (Å²) in [4.78, 5) is 9.79. The Balaban J connectivity index is 0.00000280. The third-order valence-electron chi connectivity index (χ3n) is 4.80. The number of thiophene rings is 1. The van der Waals surface area contributed by atoms with Crippen LogP contribution in [0.15, 0.2) is 41.4 Å². The van der Waals surface area contributed by atoms with Crippen molar-refractivity contribution in [3.63, 3.8) is 0 Å². The summed E-state index contributed by atoms with van der Waals surface area (Å²) in [6.45, 7) is 8.87. The molecule has 0 amide bonds. The van der Waals surface area contributed by atoms with Gasteiger partial charge in [-0.25, -0.2) is 4.99 Å². The molecule has 0 spiro atoms. The Bertz CT molecular complexity index is 764. The standard InChI is InChI=1S/C21H30N4OS.HI/c1-4-22-21(24-14-18-10-9-16(2)27-18)23-13-17-11-12-25(15-17)19-7-5-6-8-20(19)26-3;/h5-10,17H,4,11-15H2,1-3H3,(H2,22,23,24);1H. The van der Waals surface area contributed by atoms with E-state index >= 15 is 0 Å². The fourth-order valence-electron chi connectivity index (χ4n) is 3.42. The molecular formula is C21H31IN4OS. The second-order valence-electron chi connectivity index (χ2n) is 6.86. The van der Waals surface area contributed by atoms with Crippen molar-refractivity contribution >= 4 is 47.0 Å². The number of guanidine groups is 1. The number of aryl methyl sites for hydroxylation is 1. The number of ether oxygens (including phenoxy) is 1. The summed E-state index contributed by atoms with van der Waals surface area (Å²) in [6, 6.07) is 12.6. The minimum Gasteiger partial charge on any atom is -0.495 e. The van der Waals surface area contributed by atoms with Crippen LogP contribution in [0.1, 0.15) is 23.1 Å². The lowest BCUT2D eigenvalue weighted by molar-refractivity contribution is 0.414. The van der Waals surface area contributed by atoms with Crippen molar-refractivity contribution in [2.75, 3.05) is 38.2 Å². The maximum Gasteiger partial charge on any atom is 0.191 e. The highest BCUT2D eigenvalue weighted by molar-refractivity contribution is 14.0. The minimum atomic E-state index is 0. The average molecular weight is 514 g/mol. The Hall–Kier alpha value is -1.48. The molecule has 1 aromatic carbocycles. The fourth-order valence-corrected chi connectivity index (χ4v) is 4.23. The number of rotatable bonds is 7. The molecule has 1 aromatic heterocycles. The van der Waals surface area contributed by atoms with Crippen LogP contribution in [0, 0.1) is 12.8 Å². The third-order valence-corrected chi connectivity index (χ3v) is 5.79. The van der Waals surface area contributed by atoms with E-state index in [1.807, 2.05) is 23.5 Å². The number of aliphatic imine (C=N–C) groups is 1. The van der Waals surface area contributed by atoms with Gasteiger partial charge in [0.05, 0.1) is 19.3 Å². The van der Waals surface area contributed by atoms with E-state index in [1.54, 1.807) is 7.11 Å². The molecule has 1 atom stereocenters. The summed E-state index contributed by atoms with van der Waals surface area (Å²) in [5.74, 6) is 2.45. The largest absolute Gasteiger partial charge is 0.495 e. The summed E-state index contributed by atoms with van der Waals surface area (Å²) in [5.41, 5.74) is 1.19. The zero-order valence-electron chi connectivity index (χ0n) is 16.9. The Morgan fingerprint density at radius 1 is 1.25 bits per heavy atom. The van der Waals surface area contributed by atoms with Crippen LogP contribution in [-0.2, 0) is 6.54 Å². The van der Waals surface area contributed by atoms with Gasteiger partial charge in [0, 0.05) is 35.9 Å². The molecule has 28 heavy (non-hydrogen) atoms. The lowest BCUT2D eigenvalue weighted by Gasteiger charge is -2.21. The molecule has 1 saturated heterocycles. The molecule has 0 aliphatic carbocycles. The minimum absolute atomic E-state index is 0. The third kappa shape index (κ3) is 6.27. The number of hydrogen-bond acceptors (Lipinski definition) is 4. The molecule has 2 N–H and O–H groups in total. The molecule has 1 aliphatic rings. The number of halogens is 1. The number of nitrogens with one attached hydrogen (secondary N) is 2. The molecule has 0 bridgehead atoms. The van der Waals surface area contributed by atoms with Gasteiger partial charge in [0.1, 0.15) is 5.75 Å². The van der Waals surface area contributed by atoms with Crippen LogP contribution in [0.4, 0.5) is 5.69 Å². The first-order valence-corrected chi connectivity index (χ1v) is 10.5. The number of anilines is 1. The second kappa shape index (κ2) is 11.5. The zero-order valence-corrected chi connectivity index (χ0v) is 20.1. The maximum atomic E-state index is 5.51. The predicted octanol–water partition coefficient (Wildman–Crippen LogP) is 4.26. The van der Waals surface area contributed by atoms with Crippen molar-refractivity contribution in [3.05, 3.63) is 46.2 Å². The van der Waals surface area contributed by atoms with Gasteiger partial charge in [-0.15, -0.1) is 35.3 Å². The van der Waals surface area contributed by atoms with E-state index in [2.05, 4.69) is 53.6 Å². The van der Waals surface area contributed by atoms with Crippen LogP contribution in [-0.4, -0.2) is 39.2 Å². The summed E-state index contributed by atoms with van der Waals surface area (Å²) < 4.78 is 5.51. The first kappa shape index (κ1) is 22.8. The van der Waals surface area contributed by atoms with E-state index in [0.29, 0.717) is 5.92 Å². The predicted molar refractivity (Wildman–Crippen MR) is 131 cm³/mol. The molecule has 0 radical (unpaired) electrons. The van der Waals surface area contributed by atoms with E-state index in [4.69, 9.17) is 9.73 Å². The van der Waals surface area contributed by atoms with Crippen LogP contribution in [0.25, 0.3) is 0 Å². The SMILES string of the molecule is CCNC(=NCc1ccc(C)s1)NCC1CCN(c2ccccc2OC)C1.I. The van der Waals surface area contributed by atoms with Crippen LogP contribution in [0.5, 0.6) is 5.75 Å². The van der Waals surface area contributed by atoms with E-state index in [9.17, 15) is 0 Å². The van der Waals surface area contributed by atoms with Crippen molar-refractivity contribution < 1.29 is 4.74 Å². The van der Waals surface area contributed by atoms with E-state index < -0.39 is 0 Å². The lowest BCUT2D eigenvalue weighted by Crippen LogP contribution is -2.40. The average Bonchev–Trinajstić information content (AvgIpc) is 3.33. The molecule has 154 valence electrons. The molecule has 7 heteroatoms. The highest BCUT2D eigenvalue weighted by Gasteiger charge is 2.24. The van der Waals surface area contributed by atoms with Gasteiger partial charge in [0.2, 0.25) is 0 Å². The smallest absolute Gasteiger partial charge is 0.191 e. The first-order chi connectivity index (χ1) is 13.2. The van der Waals surface area contributed by atoms with Crippen molar-refractivity contribution in [1.82, 2.24) is 10.6 Å². The second-order valence-corrected chi connectivity index (χ2v) is 8.23. The molecule has 1 fully saturated rings. The Morgan fingerprint density at radius 3 is 2.79 bits per heavy atom. The summed E-state index contributed by atoms with van der Waals surface area (Å²) in [7, 11) is 1.74. The molecule has 1 unspecified atom stereocenters. The molecule has 2 heterocycles. The maximum absolute atomic E-state index is 5.51. The van der Waals surface area contributed by atoms with Gasteiger partial charge in [-0.3, -0.25) is 0 Å². The van der Waals surface area contributed by atoms with Crippen molar-refractivity contribution in [3.8, 4) is 5.75 Å². The van der Waals surface area contributed by atoms with Gasteiger partial charge in [-0.2, -0.15) is 0 Å². The summed E-state index contributed by atoms with van der Waals surface area (Å²) in [5, 5.41) is 6.88. The zero-order chi connectivity index (χ0) is 19.1.